The summed E-state index contributed by atoms with van der Waals surface area (Å²) in [5.74, 6) is 0.862. The van der Waals surface area contributed by atoms with Crippen molar-refractivity contribution in [2.24, 2.45) is 5.92 Å². The maximum atomic E-state index is 13.1. The molecule has 1 aliphatic carbocycles. The minimum absolute atomic E-state index is 0.0480. The summed E-state index contributed by atoms with van der Waals surface area (Å²) in [6.45, 7) is 8.21. The van der Waals surface area contributed by atoms with Crippen molar-refractivity contribution >= 4 is 22.6 Å². The molecule has 1 atom stereocenters. The van der Waals surface area contributed by atoms with Gasteiger partial charge in [0.1, 0.15) is 6.54 Å². The minimum Gasteiger partial charge on any atom is -0.378 e. The van der Waals surface area contributed by atoms with Gasteiger partial charge in [-0.15, -0.1) is 0 Å². The zero-order valence-corrected chi connectivity index (χ0v) is 20.5. The number of anilines is 1. The number of fused-ring (bicyclic) bond motifs is 1. The molecule has 35 heavy (non-hydrogen) atoms. The van der Waals surface area contributed by atoms with Crippen LogP contribution in [-0.2, 0) is 22.6 Å². The highest BCUT2D eigenvalue weighted by atomic mass is 16.5. The molecule has 5 rings (SSSR count). The van der Waals surface area contributed by atoms with E-state index in [0.717, 1.165) is 42.1 Å². The molecule has 9 heteroatoms. The van der Waals surface area contributed by atoms with Crippen molar-refractivity contribution in [1.29, 1.82) is 0 Å². The largest absolute Gasteiger partial charge is 0.378 e. The Labute approximate surface area is 204 Å². The Bertz CT molecular complexity index is 1260. The van der Waals surface area contributed by atoms with Gasteiger partial charge in [0.25, 0.3) is 5.56 Å². The van der Waals surface area contributed by atoms with Gasteiger partial charge in [-0.2, -0.15) is 0 Å². The predicted molar refractivity (Wildman–Crippen MR) is 136 cm³/mol. The van der Waals surface area contributed by atoms with E-state index in [4.69, 9.17) is 4.74 Å². The quantitative estimate of drug-likeness (QED) is 0.436. The first kappa shape index (κ1) is 23.6. The van der Waals surface area contributed by atoms with Gasteiger partial charge in [0.2, 0.25) is 5.91 Å². The van der Waals surface area contributed by atoms with Gasteiger partial charge in [-0.1, -0.05) is 6.07 Å². The van der Waals surface area contributed by atoms with E-state index < -0.39 is 0 Å². The number of amides is 1. The highest BCUT2D eigenvalue weighted by Crippen LogP contribution is 2.30. The fourth-order valence-corrected chi connectivity index (χ4v) is 4.67. The van der Waals surface area contributed by atoms with Crippen molar-refractivity contribution in [2.75, 3.05) is 38.2 Å². The molecule has 9 nitrogen and oxygen atoms in total. The molecule has 1 aliphatic heterocycles. The highest BCUT2D eigenvalue weighted by Gasteiger charge is 2.30. The lowest BCUT2D eigenvalue weighted by atomic mass is 10.1. The van der Waals surface area contributed by atoms with Crippen LogP contribution in [0.1, 0.15) is 29.7 Å². The van der Waals surface area contributed by atoms with Crippen LogP contribution in [0, 0.1) is 19.8 Å². The maximum absolute atomic E-state index is 13.1. The molecule has 0 bridgehead atoms. The van der Waals surface area contributed by atoms with Gasteiger partial charge >= 0.3 is 0 Å². The number of nitrogens with one attached hydrogen (secondary N) is 3. The van der Waals surface area contributed by atoms with Crippen LogP contribution in [-0.4, -0.2) is 64.2 Å². The first-order chi connectivity index (χ1) is 17.0. The van der Waals surface area contributed by atoms with Gasteiger partial charge in [-0.05, 0) is 55.9 Å². The Morgan fingerprint density at radius 2 is 2.14 bits per heavy atom. The number of carbonyl (C=O) groups is 1. The number of hydrogen-bond donors (Lipinski definition) is 3. The molecule has 3 N–H and O–H groups in total. The molecule has 2 aromatic heterocycles. The van der Waals surface area contributed by atoms with E-state index in [1.54, 1.807) is 13.1 Å². The number of aromatic nitrogens is 3. The van der Waals surface area contributed by atoms with Crippen LogP contribution in [0.5, 0.6) is 0 Å². The monoisotopic (exact) mass is 478 g/mol. The normalized spacial score (nSPS) is 18.6. The smallest absolute Gasteiger partial charge is 0.293 e. The minimum atomic E-state index is -0.282. The second-order valence-corrected chi connectivity index (χ2v) is 9.82. The Balaban J connectivity index is 1.20. The van der Waals surface area contributed by atoms with Crippen molar-refractivity contribution in [3.8, 4) is 0 Å². The zero-order valence-electron chi connectivity index (χ0n) is 20.5. The summed E-state index contributed by atoms with van der Waals surface area (Å²) in [5.41, 5.74) is 3.63. The Kier molecular flexibility index (Phi) is 6.88. The standard InChI is InChI=1S/C26H34N6O3/c1-17-10-27-23-6-5-20(9-22(17)23)12-28-24(33)15-32-18(2)11-29-25(26(32)34)30-13-21-16-35-8-7-31(21)14-19-3-4-19/h5-6,9-11,19,21,27H,3-4,7-8,12-16H2,1-2H3,(H,28,33)(H,29,30)/t21-/m1/s1. The van der Waals surface area contributed by atoms with Crippen molar-refractivity contribution in [3.63, 3.8) is 0 Å². The molecule has 3 heterocycles. The molecule has 1 saturated carbocycles. The van der Waals surface area contributed by atoms with E-state index in [9.17, 15) is 9.59 Å². The number of nitrogens with zero attached hydrogens (tertiary/aromatic N) is 3. The van der Waals surface area contributed by atoms with E-state index >= 15 is 0 Å². The lowest BCUT2D eigenvalue weighted by molar-refractivity contribution is -0.121. The van der Waals surface area contributed by atoms with E-state index in [1.165, 1.54) is 23.0 Å². The lowest BCUT2D eigenvalue weighted by Crippen LogP contribution is -2.50. The predicted octanol–water partition coefficient (Wildman–Crippen LogP) is 2.18. The van der Waals surface area contributed by atoms with Gasteiger partial charge in [0.15, 0.2) is 5.82 Å². The molecule has 186 valence electrons. The molecule has 0 spiro atoms. The van der Waals surface area contributed by atoms with Crippen LogP contribution in [0.25, 0.3) is 10.9 Å². The third-order valence-electron chi connectivity index (χ3n) is 7.04. The Morgan fingerprint density at radius 1 is 1.29 bits per heavy atom. The fraction of sp³-hybridized carbons (Fsp3) is 0.500. The molecule has 3 aromatic rings. The van der Waals surface area contributed by atoms with E-state index in [2.05, 4.69) is 38.5 Å². The number of morpholine rings is 1. The number of aromatic amines is 1. The number of aryl methyl sites for hydroxylation is 2. The average Bonchev–Trinajstić information content (AvgIpc) is 3.61. The lowest BCUT2D eigenvalue weighted by Gasteiger charge is -2.35. The molecule has 2 aliphatic rings. The second-order valence-electron chi connectivity index (χ2n) is 9.82. The topological polar surface area (TPSA) is 104 Å². The van der Waals surface area contributed by atoms with Gasteiger partial charge in [-0.25, -0.2) is 4.98 Å². The molecule has 2 fully saturated rings. The van der Waals surface area contributed by atoms with Crippen LogP contribution in [0.2, 0.25) is 0 Å². The third-order valence-corrected chi connectivity index (χ3v) is 7.04. The molecule has 1 saturated heterocycles. The van der Waals surface area contributed by atoms with Gasteiger partial charge in [0, 0.05) is 55.2 Å². The second kappa shape index (κ2) is 10.2. The first-order valence-electron chi connectivity index (χ1n) is 12.4. The molecule has 0 radical (unpaired) electrons. The zero-order chi connectivity index (χ0) is 24.4. The van der Waals surface area contributed by atoms with Crippen LogP contribution in [0.3, 0.4) is 0 Å². The third kappa shape index (κ3) is 5.57. The van der Waals surface area contributed by atoms with Crippen LogP contribution < -0.4 is 16.2 Å². The summed E-state index contributed by atoms with van der Waals surface area (Å²) in [7, 11) is 0. The Hall–Kier alpha value is -3.17. The molecular weight excluding hydrogens is 444 g/mol. The average molecular weight is 479 g/mol. The van der Waals surface area contributed by atoms with E-state index in [0.29, 0.717) is 25.4 Å². The van der Waals surface area contributed by atoms with E-state index in [-0.39, 0.29) is 29.9 Å². The first-order valence-corrected chi connectivity index (χ1v) is 12.4. The van der Waals surface area contributed by atoms with Crippen molar-refractivity contribution < 1.29 is 9.53 Å². The SMILES string of the molecule is Cc1c[nH]c2ccc(CNC(=O)Cn3c(C)cnc(NC[C@@H]4COCCN4CC4CC4)c3=O)cc12. The summed E-state index contributed by atoms with van der Waals surface area (Å²) in [5, 5.41) is 7.31. The fourth-order valence-electron chi connectivity index (χ4n) is 4.67. The van der Waals surface area contributed by atoms with E-state index in [1.807, 2.05) is 18.3 Å². The van der Waals surface area contributed by atoms with Crippen molar-refractivity contribution in [3.05, 3.63) is 57.8 Å². The summed E-state index contributed by atoms with van der Waals surface area (Å²) < 4.78 is 7.15. The van der Waals surface area contributed by atoms with Gasteiger partial charge in [0.05, 0.1) is 19.3 Å². The summed E-state index contributed by atoms with van der Waals surface area (Å²) >= 11 is 0. The van der Waals surface area contributed by atoms with Crippen LogP contribution in [0.15, 0.2) is 35.4 Å². The number of H-pyrrole nitrogens is 1. The van der Waals surface area contributed by atoms with Crippen molar-refractivity contribution in [2.45, 2.75) is 45.8 Å². The molecule has 1 aromatic carbocycles. The molecule has 0 unspecified atom stereocenters. The van der Waals surface area contributed by atoms with Crippen LogP contribution in [0.4, 0.5) is 5.82 Å². The van der Waals surface area contributed by atoms with Crippen molar-refractivity contribution in [1.82, 2.24) is 24.8 Å². The number of rotatable bonds is 9. The maximum Gasteiger partial charge on any atom is 0.293 e. The van der Waals surface area contributed by atoms with Crippen LogP contribution >= 0.6 is 0 Å². The number of hydrogen-bond acceptors (Lipinski definition) is 6. The summed E-state index contributed by atoms with van der Waals surface area (Å²) in [4.78, 5) is 35.8. The number of ether oxygens (including phenoxy) is 1. The number of benzene rings is 1. The summed E-state index contributed by atoms with van der Waals surface area (Å²) in [6.07, 6.45) is 6.23. The molecule has 1 amide bonds. The Morgan fingerprint density at radius 3 is 2.97 bits per heavy atom. The van der Waals surface area contributed by atoms with Gasteiger partial charge < -0.3 is 20.4 Å². The number of carbonyl (C=O) groups excluding carboxylic acids is 1. The van der Waals surface area contributed by atoms with Gasteiger partial charge in [-0.3, -0.25) is 19.1 Å². The highest BCUT2D eigenvalue weighted by molar-refractivity contribution is 5.83. The molecular formula is C26H34N6O3. The summed E-state index contributed by atoms with van der Waals surface area (Å²) in [6, 6.07) is 6.30.